The smallest absolute Gasteiger partial charge is 0.226 e. The summed E-state index contributed by atoms with van der Waals surface area (Å²) in [5.74, 6) is 2.01. The van der Waals surface area contributed by atoms with Gasteiger partial charge in [0.05, 0.1) is 18.9 Å². The molecule has 34 heavy (non-hydrogen) atoms. The van der Waals surface area contributed by atoms with Crippen LogP contribution < -0.4 is 0 Å². The minimum absolute atomic E-state index is 0.0308. The summed E-state index contributed by atoms with van der Waals surface area (Å²) in [6, 6.07) is 7.93. The van der Waals surface area contributed by atoms with Gasteiger partial charge in [-0.1, -0.05) is 29.8 Å². The number of hydrogen-bond donors (Lipinski definition) is 0. The maximum atomic E-state index is 13.3. The third kappa shape index (κ3) is 2.98. The van der Waals surface area contributed by atoms with E-state index in [0.29, 0.717) is 31.3 Å². The minimum atomic E-state index is -0.344. The minimum Gasteiger partial charge on any atom is -0.378 e. The first-order valence-corrected chi connectivity index (χ1v) is 13.0. The van der Waals surface area contributed by atoms with Gasteiger partial charge in [-0.25, -0.2) is 0 Å². The number of carbonyl (C=O) groups excluding carboxylic acids is 1. The first-order valence-electron chi connectivity index (χ1n) is 11.8. The second-order valence-electron chi connectivity index (χ2n) is 9.60. The third-order valence-electron chi connectivity index (χ3n) is 7.49. The molecule has 1 spiro atoms. The van der Waals surface area contributed by atoms with Crippen LogP contribution in [-0.2, 0) is 27.9 Å². The molecule has 7 nitrogen and oxygen atoms in total. The molecule has 1 saturated heterocycles. The topological polar surface area (TPSA) is 72.6 Å². The SMILES string of the molecule is Cc1nnc2n1-c1sc3c(c1C(c1ccccc1Cl)=NC21CC1)C[C@H](C(=O)N1CCOCC1)C3. The Bertz CT molecular complexity index is 1370. The van der Waals surface area contributed by atoms with Gasteiger partial charge in [0.15, 0.2) is 5.82 Å². The van der Waals surface area contributed by atoms with Crippen molar-refractivity contribution in [2.45, 2.75) is 38.1 Å². The van der Waals surface area contributed by atoms with E-state index in [2.05, 4.69) is 20.8 Å². The van der Waals surface area contributed by atoms with Gasteiger partial charge in [-0.05, 0) is 44.2 Å². The predicted octanol–water partition coefficient (Wildman–Crippen LogP) is 3.70. The molecule has 7 rings (SSSR count). The monoisotopic (exact) mass is 493 g/mol. The Morgan fingerprint density at radius 1 is 1.18 bits per heavy atom. The number of thiophene rings is 1. The lowest BCUT2D eigenvalue weighted by Crippen LogP contribution is -2.44. The lowest BCUT2D eigenvalue weighted by Gasteiger charge is -2.29. The zero-order valence-electron chi connectivity index (χ0n) is 18.9. The van der Waals surface area contributed by atoms with Crippen molar-refractivity contribution in [3.05, 3.63) is 62.5 Å². The van der Waals surface area contributed by atoms with Crippen LogP contribution in [0.1, 0.15) is 46.1 Å². The highest BCUT2D eigenvalue weighted by Crippen LogP contribution is 2.54. The lowest BCUT2D eigenvalue weighted by molar-refractivity contribution is -0.139. The Morgan fingerprint density at radius 2 is 1.97 bits per heavy atom. The van der Waals surface area contributed by atoms with Gasteiger partial charge >= 0.3 is 0 Å². The van der Waals surface area contributed by atoms with Crippen LogP contribution >= 0.6 is 22.9 Å². The van der Waals surface area contributed by atoms with Crippen molar-refractivity contribution in [2.75, 3.05) is 26.3 Å². The molecule has 0 N–H and O–H groups in total. The number of amides is 1. The lowest BCUT2D eigenvalue weighted by atomic mass is 9.97. The molecule has 3 aromatic rings. The molecule has 2 aliphatic carbocycles. The van der Waals surface area contributed by atoms with Crippen molar-refractivity contribution in [1.29, 1.82) is 0 Å². The van der Waals surface area contributed by atoms with Crippen molar-refractivity contribution in [1.82, 2.24) is 19.7 Å². The van der Waals surface area contributed by atoms with E-state index in [9.17, 15) is 4.79 Å². The highest BCUT2D eigenvalue weighted by Gasteiger charge is 2.52. The number of ether oxygens (including phenoxy) is 1. The number of rotatable bonds is 2. The van der Waals surface area contributed by atoms with Gasteiger partial charge in [0.2, 0.25) is 5.91 Å². The van der Waals surface area contributed by atoms with Crippen LogP contribution in [0.15, 0.2) is 29.3 Å². The fourth-order valence-electron chi connectivity index (χ4n) is 5.57. The van der Waals surface area contributed by atoms with E-state index >= 15 is 0 Å². The highest BCUT2D eigenvalue weighted by atomic mass is 35.5. The molecule has 0 unspecified atom stereocenters. The van der Waals surface area contributed by atoms with Gasteiger partial charge in [-0.2, -0.15) is 0 Å². The van der Waals surface area contributed by atoms with Crippen LogP contribution in [0.3, 0.4) is 0 Å². The molecule has 4 aliphatic rings. The van der Waals surface area contributed by atoms with E-state index < -0.39 is 0 Å². The fraction of sp³-hybridized carbons (Fsp3) is 0.440. The molecule has 9 heteroatoms. The molecule has 1 amide bonds. The first-order chi connectivity index (χ1) is 16.6. The van der Waals surface area contributed by atoms with E-state index in [4.69, 9.17) is 21.3 Å². The zero-order chi connectivity index (χ0) is 23.0. The summed E-state index contributed by atoms with van der Waals surface area (Å²) in [6.07, 6.45) is 3.40. The van der Waals surface area contributed by atoms with E-state index in [-0.39, 0.29) is 17.4 Å². The molecule has 0 bridgehead atoms. The summed E-state index contributed by atoms with van der Waals surface area (Å²) < 4.78 is 7.66. The summed E-state index contributed by atoms with van der Waals surface area (Å²) in [4.78, 5) is 21.9. The van der Waals surface area contributed by atoms with Gasteiger partial charge in [0.25, 0.3) is 0 Å². The maximum Gasteiger partial charge on any atom is 0.226 e. The molecule has 2 fully saturated rings. The van der Waals surface area contributed by atoms with Gasteiger partial charge < -0.3 is 9.64 Å². The Morgan fingerprint density at radius 3 is 2.74 bits per heavy atom. The maximum absolute atomic E-state index is 13.3. The average Bonchev–Trinajstić information content (AvgIpc) is 3.19. The zero-order valence-corrected chi connectivity index (χ0v) is 20.5. The van der Waals surface area contributed by atoms with Gasteiger partial charge in [0, 0.05) is 40.0 Å². The standard InChI is InChI=1S/C25H24ClN5O2S/c1-14-28-29-24-25(6-7-25)27-21(16-4-2-3-5-18(16)26)20-17-12-15(13-19(17)34-23(20)31(14)24)22(32)30-8-10-33-11-9-30/h2-5,15H,6-13H2,1H3/t15-/m0/s1. The summed E-state index contributed by atoms with van der Waals surface area (Å²) in [7, 11) is 0. The highest BCUT2D eigenvalue weighted by molar-refractivity contribution is 7.15. The number of nitrogens with zero attached hydrogens (tertiary/aromatic N) is 5. The van der Waals surface area contributed by atoms with Crippen LogP contribution in [0.25, 0.3) is 5.00 Å². The summed E-state index contributed by atoms with van der Waals surface area (Å²) in [6.45, 7) is 4.61. The van der Waals surface area contributed by atoms with E-state index in [0.717, 1.165) is 59.2 Å². The number of hydrogen-bond acceptors (Lipinski definition) is 6. The number of aromatic nitrogens is 3. The molecule has 1 saturated carbocycles. The summed E-state index contributed by atoms with van der Waals surface area (Å²) >= 11 is 8.48. The summed E-state index contributed by atoms with van der Waals surface area (Å²) in [5.41, 5.74) is 3.88. The largest absolute Gasteiger partial charge is 0.378 e. The third-order valence-corrected chi connectivity index (χ3v) is 9.05. The number of aryl methyl sites for hydroxylation is 1. The second-order valence-corrected chi connectivity index (χ2v) is 11.1. The molecule has 0 radical (unpaired) electrons. The quantitative estimate of drug-likeness (QED) is 0.545. The van der Waals surface area contributed by atoms with Crippen molar-refractivity contribution < 1.29 is 9.53 Å². The van der Waals surface area contributed by atoms with Crippen LogP contribution in [0.5, 0.6) is 0 Å². The predicted molar refractivity (Wildman–Crippen MR) is 130 cm³/mol. The Hall–Kier alpha value is -2.55. The van der Waals surface area contributed by atoms with Gasteiger partial charge in [0.1, 0.15) is 16.4 Å². The first kappa shape index (κ1) is 20.8. The van der Waals surface area contributed by atoms with Crippen LogP contribution in [0.4, 0.5) is 0 Å². The van der Waals surface area contributed by atoms with E-state index in [1.807, 2.05) is 30.0 Å². The molecule has 2 aliphatic heterocycles. The number of benzene rings is 1. The normalized spacial score (nSPS) is 22.1. The second kappa shape index (κ2) is 7.47. The Kier molecular flexibility index (Phi) is 4.57. The summed E-state index contributed by atoms with van der Waals surface area (Å²) in [5, 5.41) is 10.8. The van der Waals surface area contributed by atoms with Gasteiger partial charge in [-0.3, -0.25) is 14.4 Å². The molecule has 4 heterocycles. The van der Waals surface area contributed by atoms with Crippen molar-refractivity contribution in [2.24, 2.45) is 10.9 Å². The number of halogens is 1. The number of carbonyl (C=O) groups is 1. The number of fused-ring (bicyclic) bond motifs is 6. The van der Waals surface area contributed by atoms with Crippen LogP contribution in [0, 0.1) is 12.8 Å². The molecular formula is C25H24ClN5O2S. The van der Waals surface area contributed by atoms with Crippen molar-refractivity contribution >= 4 is 34.6 Å². The van der Waals surface area contributed by atoms with Gasteiger partial charge in [-0.15, -0.1) is 21.5 Å². The Labute approximate surface area is 206 Å². The Balaban J connectivity index is 1.38. The molecular weight excluding hydrogens is 470 g/mol. The molecule has 1 atom stereocenters. The molecule has 2 aromatic heterocycles. The van der Waals surface area contributed by atoms with Crippen LogP contribution in [0.2, 0.25) is 5.02 Å². The fourth-order valence-corrected chi connectivity index (χ4v) is 7.25. The van der Waals surface area contributed by atoms with Crippen molar-refractivity contribution in [3.63, 3.8) is 0 Å². The van der Waals surface area contributed by atoms with Crippen molar-refractivity contribution in [3.8, 4) is 5.00 Å². The number of aliphatic imine (C=N–C) groups is 1. The average molecular weight is 494 g/mol. The number of morpholine rings is 1. The van der Waals surface area contributed by atoms with Crippen LogP contribution in [-0.4, -0.2) is 57.6 Å². The van der Waals surface area contributed by atoms with E-state index in [1.165, 1.54) is 10.4 Å². The molecule has 174 valence electrons. The molecule has 1 aromatic carbocycles. The van der Waals surface area contributed by atoms with E-state index in [1.54, 1.807) is 11.3 Å².